The van der Waals surface area contributed by atoms with E-state index < -0.39 is 5.97 Å². The normalized spacial score (nSPS) is 24.4. The summed E-state index contributed by atoms with van der Waals surface area (Å²) in [4.78, 5) is 13.5. The van der Waals surface area contributed by atoms with E-state index >= 15 is 0 Å². The Morgan fingerprint density at radius 3 is 2.47 bits per heavy atom. The van der Waals surface area contributed by atoms with E-state index in [0.717, 1.165) is 19.5 Å². The highest BCUT2D eigenvalue weighted by molar-refractivity contribution is 5.70. The standard InChI is InChI=1S/C16H23NO2/c1-11-4-12(2)6-14(5-11)9-17-8-13(3)7-15(10-17)16(18)19/h4-6,13,15H,7-10H2,1-3H3,(H,18,19). The number of piperidine rings is 1. The van der Waals surface area contributed by atoms with E-state index in [1.165, 1.54) is 16.7 Å². The van der Waals surface area contributed by atoms with E-state index in [-0.39, 0.29) is 5.92 Å². The summed E-state index contributed by atoms with van der Waals surface area (Å²) in [5.41, 5.74) is 3.83. The number of aliphatic carboxylic acids is 1. The molecule has 0 spiro atoms. The molecular weight excluding hydrogens is 238 g/mol. The van der Waals surface area contributed by atoms with E-state index in [2.05, 4.69) is 43.9 Å². The monoisotopic (exact) mass is 261 g/mol. The predicted octanol–water partition coefficient (Wildman–Crippen LogP) is 2.85. The van der Waals surface area contributed by atoms with Crippen LogP contribution in [0.5, 0.6) is 0 Å². The first-order chi connectivity index (χ1) is 8.94. The molecule has 2 unspecified atom stereocenters. The zero-order valence-electron chi connectivity index (χ0n) is 12.0. The molecule has 19 heavy (non-hydrogen) atoms. The fourth-order valence-electron chi connectivity index (χ4n) is 3.19. The SMILES string of the molecule is Cc1cc(C)cc(CN2CC(C)CC(C(=O)O)C2)c1. The van der Waals surface area contributed by atoms with Crippen LogP contribution in [0, 0.1) is 25.7 Å². The summed E-state index contributed by atoms with van der Waals surface area (Å²) in [7, 11) is 0. The summed E-state index contributed by atoms with van der Waals surface area (Å²) in [5.74, 6) is -0.410. The molecule has 2 rings (SSSR count). The first kappa shape index (κ1) is 14.1. The van der Waals surface area contributed by atoms with Crippen LogP contribution in [-0.2, 0) is 11.3 Å². The molecule has 0 aliphatic carbocycles. The Hall–Kier alpha value is -1.35. The van der Waals surface area contributed by atoms with Gasteiger partial charge in [0.05, 0.1) is 5.92 Å². The Bertz CT molecular complexity index is 450. The lowest BCUT2D eigenvalue weighted by Crippen LogP contribution is -2.41. The number of hydrogen-bond donors (Lipinski definition) is 1. The van der Waals surface area contributed by atoms with Crippen molar-refractivity contribution < 1.29 is 9.90 Å². The highest BCUT2D eigenvalue weighted by atomic mass is 16.4. The van der Waals surface area contributed by atoms with Crippen molar-refractivity contribution in [1.82, 2.24) is 4.90 Å². The maximum atomic E-state index is 11.2. The second kappa shape index (κ2) is 5.74. The average molecular weight is 261 g/mol. The Labute approximate surface area is 115 Å². The van der Waals surface area contributed by atoms with Crippen LogP contribution in [0.4, 0.5) is 0 Å². The van der Waals surface area contributed by atoms with E-state index in [1.807, 2.05) is 0 Å². The van der Waals surface area contributed by atoms with Gasteiger partial charge >= 0.3 is 5.97 Å². The zero-order valence-corrected chi connectivity index (χ0v) is 12.0. The van der Waals surface area contributed by atoms with Gasteiger partial charge in [0.1, 0.15) is 0 Å². The summed E-state index contributed by atoms with van der Waals surface area (Å²) < 4.78 is 0. The summed E-state index contributed by atoms with van der Waals surface area (Å²) >= 11 is 0. The Morgan fingerprint density at radius 2 is 1.89 bits per heavy atom. The number of carboxylic acid groups (broad SMARTS) is 1. The molecule has 1 aromatic carbocycles. The van der Waals surface area contributed by atoms with Crippen molar-refractivity contribution in [2.45, 2.75) is 33.7 Å². The molecule has 1 aliphatic rings. The Morgan fingerprint density at radius 1 is 1.26 bits per heavy atom. The molecule has 104 valence electrons. The number of benzene rings is 1. The lowest BCUT2D eigenvalue weighted by Gasteiger charge is -2.34. The second-order valence-electron chi connectivity index (χ2n) is 6.07. The summed E-state index contributed by atoms with van der Waals surface area (Å²) in [6.45, 7) is 8.88. The average Bonchev–Trinajstić information content (AvgIpc) is 2.26. The number of aryl methyl sites for hydroxylation is 2. The van der Waals surface area contributed by atoms with Crippen molar-refractivity contribution >= 4 is 5.97 Å². The van der Waals surface area contributed by atoms with E-state index in [4.69, 9.17) is 0 Å². The highest BCUT2D eigenvalue weighted by Crippen LogP contribution is 2.23. The van der Waals surface area contributed by atoms with Gasteiger partial charge in [0.15, 0.2) is 0 Å². The molecule has 1 N–H and O–H groups in total. The number of rotatable bonds is 3. The van der Waals surface area contributed by atoms with Crippen LogP contribution in [0.25, 0.3) is 0 Å². The van der Waals surface area contributed by atoms with Gasteiger partial charge in [-0.2, -0.15) is 0 Å². The summed E-state index contributed by atoms with van der Waals surface area (Å²) in [6, 6.07) is 6.56. The van der Waals surface area contributed by atoms with Crippen LogP contribution >= 0.6 is 0 Å². The highest BCUT2D eigenvalue weighted by Gasteiger charge is 2.29. The van der Waals surface area contributed by atoms with Crippen molar-refractivity contribution in [3.63, 3.8) is 0 Å². The van der Waals surface area contributed by atoms with Gasteiger partial charge in [0.25, 0.3) is 0 Å². The molecule has 1 fully saturated rings. The molecule has 0 amide bonds. The molecule has 3 heteroatoms. The number of likely N-dealkylation sites (tertiary alicyclic amines) is 1. The van der Waals surface area contributed by atoms with Gasteiger partial charge in [-0.1, -0.05) is 36.2 Å². The topological polar surface area (TPSA) is 40.5 Å². The van der Waals surface area contributed by atoms with Crippen LogP contribution in [0.15, 0.2) is 18.2 Å². The second-order valence-corrected chi connectivity index (χ2v) is 6.07. The molecule has 3 nitrogen and oxygen atoms in total. The van der Waals surface area contributed by atoms with Crippen molar-refractivity contribution in [3.05, 3.63) is 34.9 Å². The smallest absolute Gasteiger partial charge is 0.307 e. The Kier molecular flexibility index (Phi) is 4.25. The van der Waals surface area contributed by atoms with Gasteiger partial charge in [-0.25, -0.2) is 0 Å². The zero-order chi connectivity index (χ0) is 14.0. The van der Waals surface area contributed by atoms with Crippen molar-refractivity contribution in [2.24, 2.45) is 11.8 Å². The van der Waals surface area contributed by atoms with Crippen LogP contribution in [0.1, 0.15) is 30.0 Å². The van der Waals surface area contributed by atoms with Crippen LogP contribution < -0.4 is 0 Å². The number of nitrogens with zero attached hydrogens (tertiary/aromatic N) is 1. The van der Waals surface area contributed by atoms with E-state index in [1.54, 1.807) is 0 Å². The van der Waals surface area contributed by atoms with Gasteiger partial charge in [0.2, 0.25) is 0 Å². The maximum Gasteiger partial charge on any atom is 0.307 e. The van der Waals surface area contributed by atoms with Gasteiger partial charge in [-0.15, -0.1) is 0 Å². The fraction of sp³-hybridized carbons (Fsp3) is 0.562. The molecule has 1 aromatic rings. The minimum absolute atomic E-state index is 0.213. The van der Waals surface area contributed by atoms with Gasteiger partial charge < -0.3 is 5.11 Å². The van der Waals surface area contributed by atoms with Gasteiger partial charge in [-0.05, 0) is 31.7 Å². The first-order valence-electron chi connectivity index (χ1n) is 6.96. The van der Waals surface area contributed by atoms with Crippen molar-refractivity contribution in [2.75, 3.05) is 13.1 Å². The number of hydrogen-bond acceptors (Lipinski definition) is 2. The van der Waals surface area contributed by atoms with Crippen molar-refractivity contribution in [1.29, 1.82) is 0 Å². The maximum absolute atomic E-state index is 11.2. The minimum atomic E-state index is -0.656. The third kappa shape index (κ3) is 3.80. The van der Waals surface area contributed by atoms with Crippen LogP contribution in [-0.4, -0.2) is 29.1 Å². The third-order valence-corrected chi connectivity index (χ3v) is 3.77. The Balaban J connectivity index is 2.07. The lowest BCUT2D eigenvalue weighted by atomic mass is 9.90. The third-order valence-electron chi connectivity index (χ3n) is 3.77. The van der Waals surface area contributed by atoms with E-state index in [9.17, 15) is 9.90 Å². The number of carboxylic acids is 1. The molecule has 1 saturated heterocycles. The molecule has 0 bridgehead atoms. The molecule has 2 atom stereocenters. The molecule has 1 heterocycles. The van der Waals surface area contributed by atoms with Crippen LogP contribution in [0.2, 0.25) is 0 Å². The summed E-state index contributed by atoms with van der Waals surface area (Å²) in [6.07, 6.45) is 0.804. The fourth-order valence-corrected chi connectivity index (χ4v) is 3.19. The number of carbonyl (C=O) groups is 1. The molecular formula is C16H23NO2. The first-order valence-corrected chi connectivity index (χ1v) is 6.96. The molecule has 0 radical (unpaired) electrons. The van der Waals surface area contributed by atoms with Gasteiger partial charge in [0, 0.05) is 19.6 Å². The molecule has 0 saturated carbocycles. The van der Waals surface area contributed by atoms with Crippen LogP contribution in [0.3, 0.4) is 0 Å². The van der Waals surface area contributed by atoms with Crippen molar-refractivity contribution in [3.8, 4) is 0 Å². The largest absolute Gasteiger partial charge is 0.481 e. The lowest BCUT2D eigenvalue weighted by molar-refractivity contribution is -0.144. The molecule has 0 aromatic heterocycles. The van der Waals surface area contributed by atoms with E-state index in [0.29, 0.717) is 12.5 Å². The molecule has 1 aliphatic heterocycles. The summed E-state index contributed by atoms with van der Waals surface area (Å²) in [5, 5.41) is 9.20. The van der Waals surface area contributed by atoms with Gasteiger partial charge in [-0.3, -0.25) is 9.69 Å². The predicted molar refractivity (Wildman–Crippen MR) is 76.1 cm³/mol. The minimum Gasteiger partial charge on any atom is -0.481 e. The quantitative estimate of drug-likeness (QED) is 0.909.